The predicted molar refractivity (Wildman–Crippen MR) is 110 cm³/mol. The molecule has 140 valence electrons. The van der Waals surface area contributed by atoms with Gasteiger partial charge in [0.15, 0.2) is 0 Å². The number of halogens is 1. The van der Waals surface area contributed by atoms with Crippen molar-refractivity contribution in [1.29, 1.82) is 0 Å². The van der Waals surface area contributed by atoms with E-state index in [4.69, 9.17) is 20.8 Å². The van der Waals surface area contributed by atoms with Crippen LogP contribution in [0, 0.1) is 0 Å². The Morgan fingerprint density at radius 1 is 1.04 bits per heavy atom. The van der Waals surface area contributed by atoms with E-state index in [9.17, 15) is 9.59 Å². The summed E-state index contributed by atoms with van der Waals surface area (Å²) in [6.07, 6.45) is 0. The average molecular weight is 394 g/mol. The molecule has 5 nitrogen and oxygen atoms in total. The van der Waals surface area contributed by atoms with Crippen molar-refractivity contribution in [2.45, 2.75) is 13.5 Å². The summed E-state index contributed by atoms with van der Waals surface area (Å²) >= 11 is 5.99. The van der Waals surface area contributed by atoms with E-state index in [-0.39, 0.29) is 5.91 Å². The Labute approximate surface area is 165 Å². The highest BCUT2D eigenvalue weighted by Gasteiger charge is 2.10. The van der Waals surface area contributed by atoms with Crippen molar-refractivity contribution >= 4 is 44.9 Å². The first kappa shape index (κ1) is 18.1. The fourth-order valence-electron chi connectivity index (χ4n) is 3.08. The van der Waals surface area contributed by atoms with Gasteiger partial charge in [-0.1, -0.05) is 29.8 Å². The minimum Gasteiger partial charge on any atom is -0.489 e. The summed E-state index contributed by atoms with van der Waals surface area (Å²) in [7, 11) is 0. The van der Waals surface area contributed by atoms with E-state index in [1.807, 2.05) is 30.3 Å². The molecule has 6 heteroatoms. The zero-order chi connectivity index (χ0) is 19.7. The van der Waals surface area contributed by atoms with Crippen LogP contribution in [0.3, 0.4) is 0 Å². The molecule has 1 N–H and O–H groups in total. The number of carbonyl (C=O) groups excluding carboxylic acids is 1. The molecule has 0 aliphatic heterocycles. The van der Waals surface area contributed by atoms with Crippen LogP contribution in [-0.4, -0.2) is 5.91 Å². The van der Waals surface area contributed by atoms with Crippen molar-refractivity contribution in [3.8, 4) is 5.75 Å². The van der Waals surface area contributed by atoms with Crippen LogP contribution in [-0.2, 0) is 11.4 Å². The number of nitrogens with one attached hydrogen (secondary N) is 1. The SMILES string of the molecule is CC(=O)Nc1ccc2c(c1)c(=O)oc1cc(OCc3cccc(Cl)c3)ccc12. The molecule has 0 atom stereocenters. The molecule has 0 spiro atoms. The van der Waals surface area contributed by atoms with Gasteiger partial charge in [-0.2, -0.15) is 0 Å². The van der Waals surface area contributed by atoms with E-state index >= 15 is 0 Å². The van der Waals surface area contributed by atoms with Gasteiger partial charge in [0.1, 0.15) is 17.9 Å². The molecule has 0 saturated heterocycles. The van der Waals surface area contributed by atoms with Gasteiger partial charge in [-0.3, -0.25) is 4.79 Å². The van der Waals surface area contributed by atoms with Gasteiger partial charge in [0.25, 0.3) is 0 Å². The lowest BCUT2D eigenvalue weighted by Crippen LogP contribution is -2.07. The van der Waals surface area contributed by atoms with Crippen LogP contribution in [0.5, 0.6) is 5.75 Å². The van der Waals surface area contributed by atoms with Crippen molar-refractivity contribution in [3.05, 3.63) is 81.7 Å². The maximum atomic E-state index is 12.4. The van der Waals surface area contributed by atoms with Gasteiger partial charge in [0, 0.05) is 34.5 Å². The molecule has 0 radical (unpaired) electrons. The Kier molecular flexibility index (Phi) is 4.75. The molecule has 0 aliphatic rings. The third-order valence-corrected chi connectivity index (χ3v) is 4.54. The second-order valence-corrected chi connectivity index (χ2v) is 6.84. The highest BCUT2D eigenvalue weighted by Crippen LogP contribution is 2.28. The van der Waals surface area contributed by atoms with E-state index in [0.29, 0.717) is 34.0 Å². The van der Waals surface area contributed by atoms with Gasteiger partial charge < -0.3 is 14.5 Å². The second-order valence-electron chi connectivity index (χ2n) is 6.41. The third kappa shape index (κ3) is 3.70. The van der Waals surface area contributed by atoms with Gasteiger partial charge in [-0.05, 0) is 42.0 Å². The number of carbonyl (C=O) groups is 1. The lowest BCUT2D eigenvalue weighted by Gasteiger charge is -2.09. The minimum atomic E-state index is -0.471. The third-order valence-electron chi connectivity index (χ3n) is 4.30. The summed E-state index contributed by atoms with van der Waals surface area (Å²) in [5.41, 5.74) is 1.46. The number of hydrogen-bond acceptors (Lipinski definition) is 4. The zero-order valence-electron chi connectivity index (χ0n) is 15.0. The summed E-state index contributed by atoms with van der Waals surface area (Å²) in [5, 5.41) is 5.27. The number of anilines is 1. The zero-order valence-corrected chi connectivity index (χ0v) is 15.7. The molecule has 4 rings (SSSR count). The maximum Gasteiger partial charge on any atom is 0.344 e. The van der Waals surface area contributed by atoms with Crippen molar-refractivity contribution in [3.63, 3.8) is 0 Å². The number of rotatable bonds is 4. The van der Waals surface area contributed by atoms with E-state index in [0.717, 1.165) is 16.3 Å². The summed E-state index contributed by atoms with van der Waals surface area (Å²) < 4.78 is 11.3. The molecule has 0 fully saturated rings. The predicted octanol–water partition coefficient (Wildman–Crippen LogP) is 5.14. The van der Waals surface area contributed by atoms with Crippen molar-refractivity contribution in [2.24, 2.45) is 0 Å². The fourth-order valence-corrected chi connectivity index (χ4v) is 3.29. The Morgan fingerprint density at radius 2 is 1.86 bits per heavy atom. The summed E-state index contributed by atoms with van der Waals surface area (Å²) in [6, 6.07) is 18.0. The van der Waals surface area contributed by atoms with Gasteiger partial charge in [0.2, 0.25) is 5.91 Å². The first-order valence-corrected chi connectivity index (χ1v) is 9.03. The minimum absolute atomic E-state index is 0.203. The lowest BCUT2D eigenvalue weighted by molar-refractivity contribution is -0.114. The topological polar surface area (TPSA) is 68.5 Å². The lowest BCUT2D eigenvalue weighted by atomic mass is 10.1. The Morgan fingerprint density at radius 3 is 2.64 bits per heavy atom. The van der Waals surface area contributed by atoms with Crippen LogP contribution in [0.15, 0.2) is 69.9 Å². The van der Waals surface area contributed by atoms with Crippen LogP contribution in [0.4, 0.5) is 5.69 Å². The number of hydrogen-bond donors (Lipinski definition) is 1. The maximum absolute atomic E-state index is 12.4. The van der Waals surface area contributed by atoms with Gasteiger partial charge >= 0.3 is 5.63 Å². The monoisotopic (exact) mass is 393 g/mol. The van der Waals surface area contributed by atoms with Crippen LogP contribution >= 0.6 is 11.6 Å². The van der Waals surface area contributed by atoms with E-state index in [2.05, 4.69) is 5.32 Å². The summed E-state index contributed by atoms with van der Waals surface area (Å²) in [6.45, 7) is 1.77. The van der Waals surface area contributed by atoms with Crippen LogP contribution in [0.1, 0.15) is 12.5 Å². The molecule has 1 amide bonds. The number of fused-ring (bicyclic) bond motifs is 3. The normalized spacial score (nSPS) is 10.9. The molecule has 28 heavy (non-hydrogen) atoms. The van der Waals surface area contributed by atoms with Crippen LogP contribution < -0.4 is 15.7 Å². The highest BCUT2D eigenvalue weighted by molar-refractivity contribution is 6.30. The quantitative estimate of drug-likeness (QED) is 0.385. The molecular weight excluding hydrogens is 378 g/mol. The Balaban J connectivity index is 1.69. The highest BCUT2D eigenvalue weighted by atomic mass is 35.5. The molecular formula is C22H16ClNO4. The molecule has 0 saturated carbocycles. The second kappa shape index (κ2) is 7.37. The van der Waals surface area contributed by atoms with Crippen molar-refractivity contribution < 1.29 is 13.9 Å². The summed E-state index contributed by atoms with van der Waals surface area (Å²) in [5.74, 6) is 0.385. The molecule has 1 heterocycles. The van der Waals surface area contributed by atoms with Crippen molar-refractivity contribution in [1.82, 2.24) is 0 Å². The number of benzene rings is 3. The molecule has 0 aliphatic carbocycles. The number of amides is 1. The first-order chi connectivity index (χ1) is 13.5. The van der Waals surface area contributed by atoms with Gasteiger partial charge in [-0.15, -0.1) is 0 Å². The number of ether oxygens (including phenoxy) is 1. The molecule has 4 aromatic rings. The van der Waals surface area contributed by atoms with Gasteiger partial charge in [0.05, 0.1) is 5.39 Å². The van der Waals surface area contributed by atoms with E-state index < -0.39 is 5.63 Å². The van der Waals surface area contributed by atoms with Crippen molar-refractivity contribution in [2.75, 3.05) is 5.32 Å². The Hall–Kier alpha value is -3.31. The fraction of sp³-hybridized carbons (Fsp3) is 0.0909. The Bertz CT molecular complexity index is 1260. The first-order valence-electron chi connectivity index (χ1n) is 8.65. The molecule has 0 bridgehead atoms. The van der Waals surface area contributed by atoms with Crippen LogP contribution in [0.25, 0.3) is 21.7 Å². The largest absolute Gasteiger partial charge is 0.489 e. The average Bonchev–Trinajstić information content (AvgIpc) is 2.66. The molecule has 1 aromatic heterocycles. The summed E-state index contributed by atoms with van der Waals surface area (Å²) in [4.78, 5) is 23.7. The van der Waals surface area contributed by atoms with E-state index in [1.165, 1.54) is 6.92 Å². The molecule has 3 aromatic carbocycles. The van der Waals surface area contributed by atoms with Crippen LogP contribution in [0.2, 0.25) is 5.02 Å². The standard InChI is InChI=1S/C22H16ClNO4/c1-13(25)24-16-5-7-18-19-8-6-17(11-21(19)28-22(26)20(18)10-16)27-12-14-3-2-4-15(23)9-14/h2-11H,12H2,1H3,(H,24,25). The molecule has 0 unspecified atom stereocenters. The smallest absolute Gasteiger partial charge is 0.344 e. The van der Waals surface area contributed by atoms with Gasteiger partial charge in [-0.25, -0.2) is 4.79 Å². The van der Waals surface area contributed by atoms with E-state index in [1.54, 1.807) is 30.3 Å².